The Kier molecular flexibility index (Phi) is 5.86. The summed E-state index contributed by atoms with van der Waals surface area (Å²) in [6.07, 6.45) is 2.70. The lowest BCUT2D eigenvalue weighted by Gasteiger charge is -2.17. The van der Waals surface area contributed by atoms with E-state index in [4.69, 9.17) is 33.3 Å². The van der Waals surface area contributed by atoms with Crippen LogP contribution in [0.3, 0.4) is 0 Å². The lowest BCUT2D eigenvalue weighted by Crippen LogP contribution is -2.27. The first-order valence-corrected chi connectivity index (χ1v) is 10.4. The van der Waals surface area contributed by atoms with Crippen molar-refractivity contribution in [1.82, 2.24) is 9.55 Å². The molecular weight excluding hydrogens is 453 g/mol. The summed E-state index contributed by atoms with van der Waals surface area (Å²) in [5.41, 5.74) is 2.61. The molecule has 0 atom stereocenters. The molecule has 0 radical (unpaired) electrons. The number of allylic oxidation sites excluding steroid dienone is 1. The molecule has 0 saturated heterocycles. The second kappa shape index (κ2) is 8.61. The van der Waals surface area contributed by atoms with Gasteiger partial charge in [-0.2, -0.15) is 0 Å². The van der Waals surface area contributed by atoms with E-state index in [2.05, 4.69) is 0 Å². The molecule has 32 heavy (non-hydrogen) atoms. The smallest absolute Gasteiger partial charge is 0.349 e. The van der Waals surface area contributed by atoms with Gasteiger partial charge in [-0.25, -0.2) is 9.78 Å². The summed E-state index contributed by atoms with van der Waals surface area (Å²) in [6, 6.07) is 14.5. The van der Waals surface area contributed by atoms with Gasteiger partial charge in [-0.1, -0.05) is 53.5 Å². The Balaban J connectivity index is 1.77. The normalized spacial score (nSPS) is 14.9. The number of nitrogens with zero attached hydrogens (tertiary/aromatic N) is 3. The van der Waals surface area contributed by atoms with Gasteiger partial charge in [-0.15, -0.1) is 0 Å². The SMILES string of the molecule is CN(C(=O)/C(Cl)=C(/Cl)C(=O)O)c1ccc2c(=O)n3c(nc2c1)C(=Cc1ccccc1)CC3. The molecule has 162 valence electrons. The first-order valence-electron chi connectivity index (χ1n) is 9.65. The van der Waals surface area contributed by atoms with E-state index in [-0.39, 0.29) is 5.56 Å². The number of aliphatic carboxylic acids is 1. The monoisotopic (exact) mass is 469 g/mol. The van der Waals surface area contributed by atoms with Crippen molar-refractivity contribution in [3.05, 3.63) is 80.3 Å². The summed E-state index contributed by atoms with van der Waals surface area (Å²) in [4.78, 5) is 42.4. The average molecular weight is 470 g/mol. The van der Waals surface area contributed by atoms with Crippen molar-refractivity contribution < 1.29 is 14.7 Å². The number of halogens is 2. The summed E-state index contributed by atoms with van der Waals surface area (Å²) in [6.45, 7) is 0.546. The van der Waals surface area contributed by atoms with E-state index < -0.39 is 21.9 Å². The second-order valence-corrected chi connectivity index (χ2v) is 7.98. The van der Waals surface area contributed by atoms with Crippen molar-refractivity contribution in [3.63, 3.8) is 0 Å². The summed E-state index contributed by atoms with van der Waals surface area (Å²) in [5.74, 6) is -1.70. The number of carboxylic acid groups (broad SMARTS) is 1. The predicted molar refractivity (Wildman–Crippen MR) is 125 cm³/mol. The fourth-order valence-electron chi connectivity index (χ4n) is 3.55. The fraction of sp³-hybridized carbons (Fsp3) is 0.130. The van der Waals surface area contributed by atoms with Gasteiger partial charge in [0, 0.05) is 19.3 Å². The van der Waals surface area contributed by atoms with Gasteiger partial charge in [0.15, 0.2) is 0 Å². The molecule has 9 heteroatoms. The lowest BCUT2D eigenvalue weighted by molar-refractivity contribution is -0.132. The number of anilines is 1. The Morgan fingerprint density at radius 3 is 2.53 bits per heavy atom. The van der Waals surface area contributed by atoms with Crippen LogP contribution in [0.1, 0.15) is 17.8 Å². The summed E-state index contributed by atoms with van der Waals surface area (Å²) < 4.78 is 1.65. The summed E-state index contributed by atoms with van der Waals surface area (Å²) in [5, 5.41) is 7.99. The third-order valence-corrected chi connectivity index (χ3v) is 6.03. The minimum absolute atomic E-state index is 0.158. The number of fused-ring (bicyclic) bond motifs is 2. The Morgan fingerprint density at radius 1 is 1.12 bits per heavy atom. The van der Waals surface area contributed by atoms with Crippen LogP contribution in [-0.4, -0.2) is 33.6 Å². The highest BCUT2D eigenvalue weighted by Gasteiger charge is 2.24. The number of carbonyl (C=O) groups is 2. The maximum Gasteiger partial charge on any atom is 0.349 e. The topological polar surface area (TPSA) is 92.5 Å². The van der Waals surface area contributed by atoms with Crippen molar-refractivity contribution in [1.29, 1.82) is 0 Å². The van der Waals surface area contributed by atoms with Gasteiger partial charge in [0.2, 0.25) is 0 Å². The molecule has 0 saturated carbocycles. The Labute approximate surface area is 192 Å². The zero-order chi connectivity index (χ0) is 23.0. The minimum Gasteiger partial charge on any atom is -0.477 e. The highest BCUT2D eigenvalue weighted by Crippen LogP contribution is 2.29. The summed E-state index contributed by atoms with van der Waals surface area (Å²) in [7, 11) is 1.43. The Hall–Kier alpha value is -3.42. The van der Waals surface area contributed by atoms with Crippen LogP contribution in [0.5, 0.6) is 0 Å². The molecule has 4 rings (SSSR count). The Morgan fingerprint density at radius 2 is 1.84 bits per heavy atom. The molecule has 0 bridgehead atoms. The highest BCUT2D eigenvalue weighted by molar-refractivity contribution is 6.54. The molecule has 0 aliphatic carbocycles. The zero-order valence-electron chi connectivity index (χ0n) is 16.9. The maximum absolute atomic E-state index is 13.0. The van der Waals surface area contributed by atoms with Gasteiger partial charge in [0.05, 0.1) is 10.9 Å². The van der Waals surface area contributed by atoms with Gasteiger partial charge in [-0.3, -0.25) is 14.2 Å². The molecular formula is C23H17Cl2N3O4. The van der Waals surface area contributed by atoms with Crippen LogP contribution in [0.2, 0.25) is 0 Å². The van der Waals surface area contributed by atoms with Crippen LogP contribution in [0.15, 0.2) is 63.4 Å². The summed E-state index contributed by atoms with van der Waals surface area (Å²) >= 11 is 11.4. The molecule has 1 N–H and O–H groups in total. The van der Waals surface area contributed by atoms with E-state index >= 15 is 0 Å². The first-order chi connectivity index (χ1) is 15.3. The number of rotatable bonds is 4. The van der Waals surface area contributed by atoms with Crippen LogP contribution in [0.4, 0.5) is 5.69 Å². The second-order valence-electron chi connectivity index (χ2n) is 7.22. The third-order valence-electron chi connectivity index (χ3n) is 5.23. The van der Waals surface area contributed by atoms with Gasteiger partial charge < -0.3 is 10.0 Å². The van der Waals surface area contributed by atoms with Crippen molar-refractivity contribution in [2.45, 2.75) is 13.0 Å². The van der Waals surface area contributed by atoms with Crippen LogP contribution < -0.4 is 10.5 Å². The number of likely N-dealkylation sites (N-methyl/N-ethyl adjacent to an activating group) is 1. The van der Waals surface area contributed by atoms with E-state index in [1.165, 1.54) is 7.05 Å². The van der Waals surface area contributed by atoms with Crippen molar-refractivity contribution in [2.24, 2.45) is 0 Å². The zero-order valence-corrected chi connectivity index (χ0v) is 18.4. The molecule has 0 fully saturated rings. The number of carbonyl (C=O) groups excluding carboxylic acids is 1. The fourth-order valence-corrected chi connectivity index (χ4v) is 3.84. The molecule has 1 aromatic heterocycles. The van der Waals surface area contributed by atoms with E-state index in [1.807, 2.05) is 36.4 Å². The minimum atomic E-state index is -1.50. The maximum atomic E-state index is 13.0. The largest absolute Gasteiger partial charge is 0.477 e. The van der Waals surface area contributed by atoms with Crippen LogP contribution >= 0.6 is 23.2 Å². The van der Waals surface area contributed by atoms with Crippen LogP contribution in [0.25, 0.3) is 22.6 Å². The molecule has 2 aromatic carbocycles. The van der Waals surface area contributed by atoms with Gasteiger partial charge >= 0.3 is 5.97 Å². The number of amides is 1. The van der Waals surface area contributed by atoms with Crippen LogP contribution in [0, 0.1) is 0 Å². The Bertz CT molecular complexity index is 1380. The molecule has 3 aromatic rings. The van der Waals surface area contributed by atoms with E-state index in [9.17, 15) is 14.4 Å². The molecule has 2 heterocycles. The van der Waals surface area contributed by atoms with Crippen molar-refractivity contribution in [2.75, 3.05) is 11.9 Å². The molecule has 0 unspecified atom stereocenters. The average Bonchev–Trinajstić information content (AvgIpc) is 3.20. The number of aromatic nitrogens is 2. The van der Waals surface area contributed by atoms with Crippen molar-refractivity contribution >= 4 is 63.3 Å². The van der Waals surface area contributed by atoms with Gasteiger partial charge in [0.25, 0.3) is 11.5 Å². The molecule has 1 aliphatic rings. The number of hydrogen-bond donors (Lipinski definition) is 1. The van der Waals surface area contributed by atoms with E-state index in [0.29, 0.717) is 35.4 Å². The molecule has 0 spiro atoms. The number of hydrogen-bond acceptors (Lipinski definition) is 4. The number of benzene rings is 2. The van der Waals surface area contributed by atoms with Crippen molar-refractivity contribution in [3.8, 4) is 0 Å². The molecule has 7 nitrogen and oxygen atoms in total. The van der Waals surface area contributed by atoms with Gasteiger partial charge in [0.1, 0.15) is 15.9 Å². The first kappa shape index (κ1) is 21.8. The predicted octanol–water partition coefficient (Wildman–Crippen LogP) is 4.08. The van der Waals surface area contributed by atoms with Gasteiger partial charge in [-0.05, 0) is 41.8 Å². The standard InChI is InChI=1S/C23H17Cl2N3O4/c1-27(22(30)18(24)19(25)23(31)32)15-7-8-16-17(12-15)26-20-14(9-10-28(20)21(16)29)11-13-5-3-2-4-6-13/h2-8,11-12H,9-10H2,1H3,(H,31,32)/b14-11?,19-18-. The van der Waals surface area contributed by atoms with E-state index in [1.54, 1.807) is 22.8 Å². The lowest BCUT2D eigenvalue weighted by atomic mass is 10.1. The molecule has 1 aliphatic heterocycles. The highest BCUT2D eigenvalue weighted by atomic mass is 35.5. The third kappa shape index (κ3) is 3.92. The van der Waals surface area contributed by atoms with E-state index in [0.717, 1.165) is 16.0 Å². The quantitative estimate of drug-likeness (QED) is 0.581. The van der Waals surface area contributed by atoms with Crippen LogP contribution in [-0.2, 0) is 16.1 Å². The number of carboxylic acids is 1. The molecule has 1 amide bonds.